The van der Waals surface area contributed by atoms with Gasteiger partial charge >= 0.3 is 6.09 Å². The van der Waals surface area contributed by atoms with Crippen LogP contribution in [-0.4, -0.2) is 12.7 Å². The van der Waals surface area contributed by atoms with Gasteiger partial charge in [-0.15, -0.1) is 11.3 Å². The Balaban J connectivity index is 2.11. The fourth-order valence-electron chi connectivity index (χ4n) is 1.65. The SMILES string of the molecule is CC(C)COC(=O)Nc1cc(-c2cccs2)ccc1N. The number of carbonyl (C=O) groups is 1. The maximum atomic E-state index is 11.7. The first-order valence-electron chi connectivity index (χ1n) is 6.43. The van der Waals surface area contributed by atoms with Gasteiger partial charge in [0.2, 0.25) is 0 Å². The minimum atomic E-state index is -0.478. The molecule has 0 aliphatic heterocycles. The van der Waals surface area contributed by atoms with Crippen LogP contribution < -0.4 is 11.1 Å². The predicted octanol–water partition coefficient (Wildman–Crippen LogP) is 4.20. The lowest BCUT2D eigenvalue weighted by Gasteiger charge is -2.11. The Hall–Kier alpha value is -2.01. The molecule has 0 aliphatic rings. The molecule has 20 heavy (non-hydrogen) atoms. The van der Waals surface area contributed by atoms with Crippen molar-refractivity contribution in [3.05, 3.63) is 35.7 Å². The van der Waals surface area contributed by atoms with Crippen molar-refractivity contribution in [1.82, 2.24) is 0 Å². The zero-order valence-electron chi connectivity index (χ0n) is 11.6. The summed E-state index contributed by atoms with van der Waals surface area (Å²) in [4.78, 5) is 12.8. The number of ether oxygens (including phenoxy) is 1. The van der Waals surface area contributed by atoms with Gasteiger partial charge in [0, 0.05) is 4.88 Å². The van der Waals surface area contributed by atoms with Crippen LogP contribution in [0.4, 0.5) is 16.2 Å². The molecule has 0 atom stereocenters. The van der Waals surface area contributed by atoms with Crippen LogP contribution in [0.5, 0.6) is 0 Å². The Morgan fingerprint density at radius 3 is 2.85 bits per heavy atom. The zero-order valence-corrected chi connectivity index (χ0v) is 12.4. The van der Waals surface area contributed by atoms with Gasteiger partial charge in [0.05, 0.1) is 18.0 Å². The fraction of sp³-hybridized carbons (Fsp3) is 0.267. The summed E-state index contributed by atoms with van der Waals surface area (Å²) >= 11 is 1.64. The third-order valence-corrected chi connectivity index (χ3v) is 3.56. The van der Waals surface area contributed by atoms with Crippen LogP contribution in [0.3, 0.4) is 0 Å². The highest BCUT2D eigenvalue weighted by atomic mass is 32.1. The lowest BCUT2D eigenvalue weighted by molar-refractivity contribution is 0.147. The van der Waals surface area contributed by atoms with Crippen molar-refractivity contribution in [2.45, 2.75) is 13.8 Å². The third kappa shape index (κ3) is 3.74. The van der Waals surface area contributed by atoms with Crippen LogP contribution in [0.2, 0.25) is 0 Å². The second kappa shape index (κ2) is 6.43. The van der Waals surface area contributed by atoms with Gasteiger partial charge in [-0.05, 0) is 35.1 Å². The second-order valence-electron chi connectivity index (χ2n) is 4.90. The molecule has 4 nitrogen and oxygen atoms in total. The van der Waals surface area contributed by atoms with E-state index in [1.807, 2.05) is 43.5 Å². The molecule has 0 aliphatic carbocycles. The molecule has 0 radical (unpaired) electrons. The minimum Gasteiger partial charge on any atom is -0.449 e. The Morgan fingerprint density at radius 1 is 1.40 bits per heavy atom. The monoisotopic (exact) mass is 290 g/mol. The van der Waals surface area contributed by atoms with Crippen molar-refractivity contribution in [2.75, 3.05) is 17.7 Å². The molecule has 2 rings (SSSR count). The van der Waals surface area contributed by atoms with Crippen LogP contribution >= 0.6 is 11.3 Å². The predicted molar refractivity (Wildman–Crippen MR) is 84.0 cm³/mol. The largest absolute Gasteiger partial charge is 0.449 e. The van der Waals surface area contributed by atoms with E-state index in [1.54, 1.807) is 17.4 Å². The highest BCUT2D eigenvalue weighted by Crippen LogP contribution is 2.30. The van der Waals surface area contributed by atoms with Crippen LogP contribution in [0, 0.1) is 5.92 Å². The average molecular weight is 290 g/mol. The Morgan fingerprint density at radius 2 is 2.20 bits per heavy atom. The molecule has 0 unspecified atom stereocenters. The molecule has 1 aromatic heterocycles. The minimum absolute atomic E-state index is 0.301. The summed E-state index contributed by atoms with van der Waals surface area (Å²) in [5, 5.41) is 4.70. The van der Waals surface area contributed by atoms with Crippen molar-refractivity contribution in [2.24, 2.45) is 5.92 Å². The Kier molecular flexibility index (Phi) is 4.63. The van der Waals surface area contributed by atoms with Gasteiger partial charge in [0.15, 0.2) is 0 Å². The smallest absolute Gasteiger partial charge is 0.411 e. The first-order valence-corrected chi connectivity index (χ1v) is 7.31. The molecule has 3 N–H and O–H groups in total. The number of anilines is 2. The molecule has 1 aromatic carbocycles. The van der Waals surface area contributed by atoms with Gasteiger partial charge in [-0.2, -0.15) is 0 Å². The number of benzene rings is 1. The molecule has 0 spiro atoms. The van der Waals surface area contributed by atoms with Crippen molar-refractivity contribution in [3.8, 4) is 10.4 Å². The number of hydrogen-bond acceptors (Lipinski definition) is 4. The summed E-state index contributed by atoms with van der Waals surface area (Å²) in [5.74, 6) is 0.301. The summed E-state index contributed by atoms with van der Waals surface area (Å²) in [7, 11) is 0. The van der Waals surface area contributed by atoms with Crippen molar-refractivity contribution < 1.29 is 9.53 Å². The first-order chi connectivity index (χ1) is 9.56. The first kappa shape index (κ1) is 14.4. The van der Waals surface area contributed by atoms with E-state index < -0.39 is 6.09 Å². The van der Waals surface area contributed by atoms with Gasteiger partial charge in [0.25, 0.3) is 0 Å². The van der Waals surface area contributed by atoms with Crippen molar-refractivity contribution in [1.29, 1.82) is 0 Å². The summed E-state index contributed by atoms with van der Waals surface area (Å²) < 4.78 is 5.09. The van der Waals surface area contributed by atoms with Crippen LogP contribution in [0.1, 0.15) is 13.8 Å². The van der Waals surface area contributed by atoms with Crippen LogP contribution in [0.25, 0.3) is 10.4 Å². The van der Waals surface area contributed by atoms with Crippen LogP contribution in [0.15, 0.2) is 35.7 Å². The van der Waals surface area contributed by atoms with E-state index >= 15 is 0 Å². The maximum absolute atomic E-state index is 11.7. The Bertz CT molecular complexity index is 580. The number of nitrogens with two attached hydrogens (primary N) is 1. The zero-order chi connectivity index (χ0) is 14.5. The number of thiophene rings is 1. The van der Waals surface area contributed by atoms with E-state index in [1.165, 1.54) is 0 Å². The highest BCUT2D eigenvalue weighted by molar-refractivity contribution is 7.13. The van der Waals surface area contributed by atoms with E-state index in [9.17, 15) is 4.79 Å². The summed E-state index contributed by atoms with van der Waals surface area (Å²) in [6, 6.07) is 9.59. The molecular weight excluding hydrogens is 272 g/mol. The highest BCUT2D eigenvalue weighted by Gasteiger charge is 2.09. The van der Waals surface area contributed by atoms with Crippen molar-refractivity contribution >= 4 is 28.8 Å². The fourth-order valence-corrected chi connectivity index (χ4v) is 2.37. The van der Waals surface area contributed by atoms with Gasteiger partial charge in [-0.3, -0.25) is 5.32 Å². The Labute approximate surface area is 122 Å². The van der Waals surface area contributed by atoms with Gasteiger partial charge < -0.3 is 10.5 Å². The molecule has 0 saturated carbocycles. The molecule has 0 fully saturated rings. The lowest BCUT2D eigenvalue weighted by Crippen LogP contribution is -2.17. The average Bonchev–Trinajstić information content (AvgIpc) is 2.93. The molecule has 106 valence electrons. The van der Waals surface area contributed by atoms with E-state index in [-0.39, 0.29) is 0 Å². The molecular formula is C15H18N2O2S. The molecule has 1 heterocycles. The van der Waals surface area contributed by atoms with Gasteiger partial charge in [-0.25, -0.2) is 4.79 Å². The number of nitrogen functional groups attached to an aromatic ring is 1. The molecule has 1 amide bonds. The van der Waals surface area contributed by atoms with Gasteiger partial charge in [-0.1, -0.05) is 26.0 Å². The molecule has 0 saturated heterocycles. The van der Waals surface area contributed by atoms with Crippen molar-refractivity contribution in [3.63, 3.8) is 0 Å². The number of nitrogens with one attached hydrogen (secondary N) is 1. The van der Waals surface area contributed by atoms with E-state index in [2.05, 4.69) is 5.32 Å². The topological polar surface area (TPSA) is 64.3 Å². The summed E-state index contributed by atoms with van der Waals surface area (Å²) in [6.07, 6.45) is -0.478. The lowest BCUT2D eigenvalue weighted by atomic mass is 10.1. The van der Waals surface area contributed by atoms with E-state index in [4.69, 9.17) is 10.5 Å². The number of rotatable bonds is 4. The number of carbonyl (C=O) groups excluding carboxylic acids is 1. The van der Waals surface area contributed by atoms with Crippen LogP contribution in [-0.2, 0) is 4.74 Å². The quantitative estimate of drug-likeness (QED) is 0.829. The summed E-state index contributed by atoms with van der Waals surface area (Å²) in [5.41, 5.74) is 8.00. The third-order valence-electron chi connectivity index (χ3n) is 2.64. The standard InChI is InChI=1S/C15H18N2O2S/c1-10(2)9-19-15(18)17-13-8-11(5-6-12(13)16)14-4-3-7-20-14/h3-8,10H,9,16H2,1-2H3,(H,17,18). The van der Waals surface area contributed by atoms with E-state index in [0.717, 1.165) is 10.4 Å². The maximum Gasteiger partial charge on any atom is 0.411 e. The molecule has 5 heteroatoms. The summed E-state index contributed by atoms with van der Waals surface area (Å²) in [6.45, 7) is 4.36. The normalized spacial score (nSPS) is 10.6. The van der Waals surface area contributed by atoms with Gasteiger partial charge in [0.1, 0.15) is 0 Å². The number of hydrogen-bond donors (Lipinski definition) is 2. The molecule has 2 aromatic rings. The second-order valence-corrected chi connectivity index (χ2v) is 5.84. The van der Waals surface area contributed by atoms with E-state index in [0.29, 0.717) is 23.9 Å². The molecule has 0 bridgehead atoms. The number of amides is 1.